The van der Waals surface area contributed by atoms with E-state index >= 15 is 0 Å². The van der Waals surface area contributed by atoms with Crippen LogP contribution in [0.3, 0.4) is 0 Å². The van der Waals surface area contributed by atoms with E-state index in [-0.39, 0.29) is 5.91 Å². The zero-order chi connectivity index (χ0) is 11.7. The second-order valence-corrected chi connectivity index (χ2v) is 5.05. The molecule has 0 unspecified atom stereocenters. The number of thioether (sulfide) groups is 1. The van der Waals surface area contributed by atoms with E-state index in [1.54, 1.807) is 0 Å². The first-order valence-corrected chi connectivity index (χ1v) is 6.54. The van der Waals surface area contributed by atoms with Crippen LogP contribution in [0, 0.1) is 0 Å². The number of aromatic amines is 1. The molecule has 1 saturated heterocycles. The standard InChI is InChI=1S/C9H12N6OS/c16-7-5-17-9(10-7)15-3-1-6(2-4-15)8-11-13-14-12-8/h6H,1-5H2,(H,11,12,13,14). The number of hydrogen-bond acceptors (Lipinski definition) is 6. The van der Waals surface area contributed by atoms with Crippen molar-refractivity contribution in [1.29, 1.82) is 0 Å². The molecular weight excluding hydrogens is 240 g/mol. The highest BCUT2D eigenvalue weighted by Crippen LogP contribution is 2.27. The minimum atomic E-state index is -0.0229. The fourth-order valence-corrected chi connectivity index (χ4v) is 2.98. The number of nitrogens with one attached hydrogen (secondary N) is 1. The highest BCUT2D eigenvalue weighted by atomic mass is 32.2. The van der Waals surface area contributed by atoms with Crippen molar-refractivity contribution in [1.82, 2.24) is 25.5 Å². The predicted molar refractivity (Wildman–Crippen MR) is 62.6 cm³/mol. The number of amidine groups is 1. The molecule has 3 rings (SSSR count). The minimum absolute atomic E-state index is 0.0229. The van der Waals surface area contributed by atoms with E-state index < -0.39 is 0 Å². The van der Waals surface area contributed by atoms with Crippen LogP contribution in [-0.4, -0.2) is 55.4 Å². The van der Waals surface area contributed by atoms with E-state index in [2.05, 4.69) is 30.5 Å². The monoisotopic (exact) mass is 252 g/mol. The topological polar surface area (TPSA) is 87.1 Å². The minimum Gasteiger partial charge on any atom is -0.351 e. The van der Waals surface area contributed by atoms with Crippen molar-refractivity contribution in [2.24, 2.45) is 4.99 Å². The van der Waals surface area contributed by atoms with Crippen molar-refractivity contribution in [3.8, 4) is 0 Å². The van der Waals surface area contributed by atoms with Crippen molar-refractivity contribution in [3.63, 3.8) is 0 Å². The molecule has 7 nitrogen and oxygen atoms in total. The van der Waals surface area contributed by atoms with Gasteiger partial charge >= 0.3 is 0 Å². The van der Waals surface area contributed by atoms with Crippen LogP contribution >= 0.6 is 11.8 Å². The van der Waals surface area contributed by atoms with E-state index in [1.807, 2.05) is 0 Å². The molecule has 8 heteroatoms. The van der Waals surface area contributed by atoms with Crippen LogP contribution in [-0.2, 0) is 4.79 Å². The van der Waals surface area contributed by atoms with Gasteiger partial charge in [-0.15, -0.1) is 10.2 Å². The van der Waals surface area contributed by atoms with Gasteiger partial charge in [0.05, 0.1) is 5.75 Å². The van der Waals surface area contributed by atoms with Gasteiger partial charge in [-0.1, -0.05) is 17.0 Å². The Morgan fingerprint density at radius 2 is 2.18 bits per heavy atom. The average molecular weight is 252 g/mol. The van der Waals surface area contributed by atoms with Gasteiger partial charge in [-0.25, -0.2) is 0 Å². The summed E-state index contributed by atoms with van der Waals surface area (Å²) in [5, 5.41) is 15.0. The van der Waals surface area contributed by atoms with Gasteiger partial charge in [0.25, 0.3) is 5.91 Å². The number of amides is 1. The Morgan fingerprint density at radius 3 is 2.76 bits per heavy atom. The zero-order valence-electron chi connectivity index (χ0n) is 9.17. The Kier molecular flexibility index (Phi) is 2.79. The molecule has 0 radical (unpaired) electrons. The lowest BCUT2D eigenvalue weighted by molar-refractivity contribution is -0.115. The molecule has 0 saturated carbocycles. The maximum absolute atomic E-state index is 11.1. The Balaban J connectivity index is 1.61. The molecule has 0 aromatic carbocycles. The summed E-state index contributed by atoms with van der Waals surface area (Å²) in [6.45, 7) is 1.80. The van der Waals surface area contributed by atoms with Gasteiger partial charge in [0.2, 0.25) is 0 Å². The van der Waals surface area contributed by atoms with Gasteiger partial charge in [0.15, 0.2) is 11.0 Å². The van der Waals surface area contributed by atoms with Crippen LogP contribution in [0.25, 0.3) is 0 Å². The third-order valence-corrected chi connectivity index (χ3v) is 4.04. The van der Waals surface area contributed by atoms with Crippen LogP contribution in [0.2, 0.25) is 0 Å². The highest BCUT2D eigenvalue weighted by Gasteiger charge is 2.27. The lowest BCUT2D eigenvalue weighted by atomic mass is 9.97. The second-order valence-electron chi connectivity index (χ2n) is 4.11. The predicted octanol–water partition coefficient (Wildman–Crippen LogP) is 0.00850. The van der Waals surface area contributed by atoms with Crippen molar-refractivity contribution in [3.05, 3.63) is 5.82 Å². The number of hydrogen-bond donors (Lipinski definition) is 1. The van der Waals surface area contributed by atoms with E-state index in [1.165, 1.54) is 11.8 Å². The molecular formula is C9H12N6OS. The van der Waals surface area contributed by atoms with E-state index in [0.717, 1.165) is 36.9 Å². The fourth-order valence-electron chi connectivity index (χ4n) is 2.13. The maximum atomic E-state index is 11.1. The normalized spacial score (nSPS) is 22.0. The Morgan fingerprint density at radius 1 is 1.35 bits per heavy atom. The summed E-state index contributed by atoms with van der Waals surface area (Å²) in [4.78, 5) is 17.3. The molecule has 0 spiro atoms. The van der Waals surface area contributed by atoms with Gasteiger partial charge in [-0.05, 0) is 12.8 Å². The van der Waals surface area contributed by atoms with Crippen LogP contribution in [0.1, 0.15) is 24.6 Å². The first-order valence-electron chi connectivity index (χ1n) is 5.55. The molecule has 2 aliphatic heterocycles. The van der Waals surface area contributed by atoms with Crippen molar-refractivity contribution in [2.75, 3.05) is 18.8 Å². The third kappa shape index (κ3) is 2.17. The summed E-state index contributed by atoms with van der Waals surface area (Å²) in [5.74, 6) is 1.62. The number of likely N-dealkylation sites (tertiary alicyclic amines) is 1. The second kappa shape index (κ2) is 4.44. The molecule has 17 heavy (non-hydrogen) atoms. The number of carbonyl (C=O) groups excluding carboxylic acids is 1. The Bertz CT molecular complexity index is 436. The number of H-pyrrole nitrogens is 1. The summed E-state index contributed by atoms with van der Waals surface area (Å²) >= 11 is 1.53. The van der Waals surface area contributed by atoms with Gasteiger partial charge in [0, 0.05) is 19.0 Å². The molecule has 2 aliphatic rings. The molecule has 1 aromatic heterocycles. The molecule has 0 bridgehead atoms. The summed E-state index contributed by atoms with van der Waals surface area (Å²) in [6, 6.07) is 0. The molecule has 1 N–H and O–H groups in total. The van der Waals surface area contributed by atoms with Crippen molar-refractivity contribution in [2.45, 2.75) is 18.8 Å². The molecule has 3 heterocycles. The third-order valence-electron chi connectivity index (χ3n) is 3.04. The average Bonchev–Trinajstić information content (AvgIpc) is 3.00. The number of aromatic nitrogens is 4. The smallest absolute Gasteiger partial charge is 0.258 e. The van der Waals surface area contributed by atoms with Gasteiger partial charge in [0.1, 0.15) is 0 Å². The molecule has 1 amide bonds. The first kappa shape index (κ1) is 10.7. The van der Waals surface area contributed by atoms with Gasteiger partial charge in [-0.2, -0.15) is 10.2 Å². The van der Waals surface area contributed by atoms with Crippen LogP contribution in [0.5, 0.6) is 0 Å². The number of carbonyl (C=O) groups is 1. The SMILES string of the molecule is O=C1CSC(N2CCC(c3nn[nH]n3)CC2)=N1. The van der Waals surface area contributed by atoms with E-state index in [9.17, 15) is 4.79 Å². The number of tetrazole rings is 1. The van der Waals surface area contributed by atoms with Crippen LogP contribution in [0.4, 0.5) is 0 Å². The Hall–Kier alpha value is -1.44. The van der Waals surface area contributed by atoms with Crippen molar-refractivity contribution >= 4 is 22.8 Å². The summed E-state index contributed by atoms with van der Waals surface area (Å²) in [5.41, 5.74) is 0. The van der Waals surface area contributed by atoms with E-state index in [4.69, 9.17) is 0 Å². The van der Waals surface area contributed by atoms with Crippen LogP contribution in [0.15, 0.2) is 4.99 Å². The first-order chi connectivity index (χ1) is 8.33. The van der Waals surface area contributed by atoms with E-state index in [0.29, 0.717) is 11.7 Å². The molecule has 1 fully saturated rings. The van der Waals surface area contributed by atoms with Gasteiger partial charge in [-0.3, -0.25) is 4.79 Å². The highest BCUT2D eigenvalue weighted by molar-refractivity contribution is 8.14. The molecule has 0 atom stereocenters. The quantitative estimate of drug-likeness (QED) is 0.757. The molecule has 1 aromatic rings. The number of piperidine rings is 1. The lowest BCUT2D eigenvalue weighted by Gasteiger charge is -2.31. The summed E-state index contributed by atoms with van der Waals surface area (Å²) < 4.78 is 0. The Labute approximate surface area is 102 Å². The number of rotatable bonds is 1. The number of aliphatic imine (C=N–C) groups is 1. The van der Waals surface area contributed by atoms with Gasteiger partial charge < -0.3 is 4.90 Å². The fraction of sp³-hybridized carbons (Fsp3) is 0.667. The largest absolute Gasteiger partial charge is 0.351 e. The van der Waals surface area contributed by atoms with Crippen molar-refractivity contribution < 1.29 is 4.79 Å². The zero-order valence-corrected chi connectivity index (χ0v) is 9.98. The number of nitrogens with zero attached hydrogens (tertiary/aromatic N) is 5. The summed E-state index contributed by atoms with van der Waals surface area (Å²) in [7, 11) is 0. The summed E-state index contributed by atoms with van der Waals surface area (Å²) in [6.07, 6.45) is 1.96. The molecule has 90 valence electrons. The lowest BCUT2D eigenvalue weighted by Crippen LogP contribution is -2.36. The molecule has 0 aliphatic carbocycles. The maximum Gasteiger partial charge on any atom is 0.258 e. The van der Waals surface area contributed by atoms with Crippen LogP contribution < -0.4 is 0 Å².